The largest absolute Gasteiger partial charge is 0.382 e. The molecule has 0 aliphatic heterocycles. The number of hydrogen-bond acceptors (Lipinski definition) is 3. The number of aromatic nitrogens is 1. The van der Waals surface area contributed by atoms with Crippen LogP contribution in [0.1, 0.15) is 13.3 Å². The fourth-order valence-electron chi connectivity index (χ4n) is 2.13. The minimum atomic E-state index is -3.88. The zero-order valence-electron chi connectivity index (χ0n) is 11.2. The zero-order valence-corrected chi connectivity index (χ0v) is 12.0. The van der Waals surface area contributed by atoms with Gasteiger partial charge in [0.1, 0.15) is 10.7 Å². The number of aryl methyl sites for hydroxylation is 1. The van der Waals surface area contributed by atoms with E-state index in [1.54, 1.807) is 10.6 Å². The van der Waals surface area contributed by atoms with Crippen molar-refractivity contribution in [3.63, 3.8) is 0 Å². The summed E-state index contributed by atoms with van der Waals surface area (Å²) in [5, 5.41) is 5.48. The number of benzene rings is 1. The smallest absolute Gasteiger partial charge is 0.240 e. The lowest BCUT2D eigenvalue weighted by molar-refractivity contribution is 0.142. The minimum Gasteiger partial charge on any atom is -0.382 e. The Labute approximate surface area is 117 Å². The Morgan fingerprint density at radius 2 is 2.15 bits per heavy atom. The van der Waals surface area contributed by atoms with E-state index in [0.717, 1.165) is 6.42 Å². The number of nitrogens with two attached hydrogens (primary N) is 1. The first-order valence-electron chi connectivity index (χ1n) is 6.32. The highest BCUT2D eigenvalue weighted by atomic mass is 32.2. The highest BCUT2D eigenvalue weighted by molar-refractivity contribution is 7.89. The van der Waals surface area contributed by atoms with Crippen LogP contribution in [0.5, 0.6) is 0 Å². The second-order valence-corrected chi connectivity index (χ2v) is 5.97. The number of sulfonamides is 1. The van der Waals surface area contributed by atoms with Crippen molar-refractivity contribution >= 4 is 20.9 Å². The van der Waals surface area contributed by atoms with Crippen molar-refractivity contribution in [1.82, 2.24) is 4.57 Å². The van der Waals surface area contributed by atoms with Crippen LogP contribution in [0.3, 0.4) is 0 Å². The first kappa shape index (κ1) is 15.0. The predicted molar refractivity (Wildman–Crippen MR) is 74.4 cm³/mol. The molecule has 0 saturated heterocycles. The lowest BCUT2D eigenvalue weighted by Gasteiger charge is -2.05. The first-order chi connectivity index (χ1) is 9.43. The third-order valence-electron chi connectivity index (χ3n) is 3.00. The number of nitrogens with zero attached hydrogens (tertiary/aromatic N) is 1. The average Bonchev–Trinajstić information content (AvgIpc) is 2.72. The molecule has 1 aromatic heterocycles. The van der Waals surface area contributed by atoms with E-state index in [1.807, 2.05) is 6.92 Å². The fourth-order valence-corrected chi connectivity index (χ4v) is 2.87. The van der Waals surface area contributed by atoms with Crippen LogP contribution in [0.4, 0.5) is 4.39 Å². The molecule has 0 atom stereocenters. The molecule has 0 spiro atoms. The van der Waals surface area contributed by atoms with Crippen molar-refractivity contribution in [3.05, 3.63) is 30.2 Å². The molecule has 0 aliphatic carbocycles. The number of ether oxygens (including phenoxy) is 1. The van der Waals surface area contributed by atoms with Gasteiger partial charge in [-0.1, -0.05) is 0 Å². The summed E-state index contributed by atoms with van der Waals surface area (Å²) in [6, 6.07) is 4.04. The van der Waals surface area contributed by atoms with Crippen molar-refractivity contribution in [2.24, 2.45) is 5.14 Å². The summed E-state index contributed by atoms with van der Waals surface area (Å²) in [5.74, 6) is -0.491. The maximum absolute atomic E-state index is 13.3. The van der Waals surface area contributed by atoms with E-state index >= 15 is 0 Å². The molecule has 2 rings (SSSR count). The number of halogens is 1. The first-order valence-corrected chi connectivity index (χ1v) is 7.87. The molecule has 1 aromatic carbocycles. The van der Waals surface area contributed by atoms with Gasteiger partial charge in [-0.3, -0.25) is 0 Å². The molecule has 0 fully saturated rings. The molecular weight excluding hydrogens is 283 g/mol. The van der Waals surface area contributed by atoms with Gasteiger partial charge in [0.05, 0.1) is 0 Å². The predicted octanol–water partition coefficient (Wildman–Crippen LogP) is 1.85. The molecule has 7 heteroatoms. The molecule has 0 aliphatic rings. The SMILES string of the molecule is CCOCCCn1cc(S(N)(=O)=O)c2cc(F)ccc21. The van der Waals surface area contributed by atoms with Crippen LogP contribution in [0.25, 0.3) is 10.9 Å². The van der Waals surface area contributed by atoms with Crippen LogP contribution in [-0.2, 0) is 21.3 Å². The zero-order chi connectivity index (χ0) is 14.8. The highest BCUT2D eigenvalue weighted by Crippen LogP contribution is 2.25. The summed E-state index contributed by atoms with van der Waals surface area (Å²) in [4.78, 5) is -0.0524. The van der Waals surface area contributed by atoms with Crippen LogP contribution in [0, 0.1) is 5.82 Å². The van der Waals surface area contributed by atoms with Gasteiger partial charge >= 0.3 is 0 Å². The quantitative estimate of drug-likeness (QED) is 0.827. The van der Waals surface area contributed by atoms with Gasteiger partial charge in [-0.15, -0.1) is 0 Å². The Morgan fingerprint density at radius 1 is 1.40 bits per heavy atom. The van der Waals surface area contributed by atoms with E-state index in [2.05, 4.69) is 0 Å². The molecule has 0 bridgehead atoms. The van der Waals surface area contributed by atoms with E-state index in [1.165, 1.54) is 18.3 Å². The molecular formula is C13H17FN2O3S. The number of hydrogen-bond donors (Lipinski definition) is 1. The van der Waals surface area contributed by atoms with Gasteiger partial charge in [-0.25, -0.2) is 17.9 Å². The Kier molecular flexibility index (Phi) is 4.42. The molecule has 110 valence electrons. The summed E-state index contributed by atoms with van der Waals surface area (Å²) in [7, 11) is -3.88. The minimum absolute atomic E-state index is 0.0524. The Balaban J connectivity index is 2.40. The van der Waals surface area contributed by atoms with E-state index in [-0.39, 0.29) is 4.90 Å². The van der Waals surface area contributed by atoms with E-state index in [0.29, 0.717) is 30.7 Å². The van der Waals surface area contributed by atoms with Gasteiger partial charge in [0.15, 0.2) is 0 Å². The van der Waals surface area contributed by atoms with Crippen LogP contribution in [0.15, 0.2) is 29.3 Å². The normalized spacial score (nSPS) is 12.2. The molecule has 0 unspecified atom stereocenters. The number of primary sulfonamides is 1. The summed E-state index contributed by atoms with van der Waals surface area (Å²) >= 11 is 0. The van der Waals surface area contributed by atoms with E-state index in [9.17, 15) is 12.8 Å². The monoisotopic (exact) mass is 300 g/mol. The average molecular weight is 300 g/mol. The molecule has 1 heterocycles. The van der Waals surface area contributed by atoms with Gasteiger partial charge in [-0.05, 0) is 31.5 Å². The maximum atomic E-state index is 13.3. The van der Waals surface area contributed by atoms with Crippen LogP contribution in [-0.4, -0.2) is 26.2 Å². The summed E-state index contributed by atoms with van der Waals surface area (Å²) in [6.07, 6.45) is 2.18. The summed E-state index contributed by atoms with van der Waals surface area (Å²) in [6.45, 7) is 3.72. The molecule has 2 aromatic rings. The lowest BCUT2D eigenvalue weighted by Crippen LogP contribution is -2.11. The van der Waals surface area contributed by atoms with Crippen molar-refractivity contribution in [2.75, 3.05) is 13.2 Å². The standard InChI is InChI=1S/C13H17FN2O3S/c1-2-19-7-3-6-16-9-13(20(15,17)18)11-8-10(14)4-5-12(11)16/h4-5,8-9H,2-3,6-7H2,1H3,(H2,15,17,18). The van der Waals surface area contributed by atoms with Crippen molar-refractivity contribution in [3.8, 4) is 0 Å². The lowest BCUT2D eigenvalue weighted by atomic mass is 10.2. The van der Waals surface area contributed by atoms with Crippen molar-refractivity contribution in [1.29, 1.82) is 0 Å². The Hall–Kier alpha value is -1.44. The second kappa shape index (κ2) is 5.90. The molecule has 0 amide bonds. The van der Waals surface area contributed by atoms with E-state index < -0.39 is 15.8 Å². The molecule has 20 heavy (non-hydrogen) atoms. The second-order valence-electron chi connectivity index (χ2n) is 4.44. The third-order valence-corrected chi connectivity index (χ3v) is 3.94. The molecule has 5 nitrogen and oxygen atoms in total. The Morgan fingerprint density at radius 3 is 2.80 bits per heavy atom. The molecule has 0 radical (unpaired) electrons. The van der Waals surface area contributed by atoms with Crippen LogP contribution >= 0.6 is 0 Å². The van der Waals surface area contributed by atoms with Crippen molar-refractivity contribution in [2.45, 2.75) is 24.8 Å². The van der Waals surface area contributed by atoms with Crippen molar-refractivity contribution < 1.29 is 17.5 Å². The van der Waals surface area contributed by atoms with Gasteiger partial charge in [0, 0.05) is 36.9 Å². The highest BCUT2D eigenvalue weighted by Gasteiger charge is 2.17. The number of fused-ring (bicyclic) bond motifs is 1. The summed E-state index contributed by atoms with van der Waals surface area (Å²) in [5.41, 5.74) is 0.645. The number of rotatable bonds is 6. The topological polar surface area (TPSA) is 74.3 Å². The van der Waals surface area contributed by atoms with Gasteiger partial charge in [-0.2, -0.15) is 0 Å². The van der Waals surface area contributed by atoms with E-state index in [4.69, 9.17) is 9.88 Å². The fraction of sp³-hybridized carbons (Fsp3) is 0.385. The molecule has 2 N–H and O–H groups in total. The Bertz CT molecular complexity index is 710. The van der Waals surface area contributed by atoms with Gasteiger partial charge in [0.25, 0.3) is 0 Å². The van der Waals surface area contributed by atoms with Gasteiger partial charge in [0.2, 0.25) is 10.0 Å². The maximum Gasteiger partial charge on any atom is 0.240 e. The molecule has 0 saturated carbocycles. The van der Waals surface area contributed by atoms with Gasteiger partial charge < -0.3 is 9.30 Å². The third kappa shape index (κ3) is 3.17. The van der Waals surface area contributed by atoms with Crippen LogP contribution in [0.2, 0.25) is 0 Å². The van der Waals surface area contributed by atoms with Crippen LogP contribution < -0.4 is 5.14 Å². The summed E-state index contributed by atoms with van der Waals surface area (Å²) < 4.78 is 43.4.